The zero-order valence-corrected chi connectivity index (χ0v) is 14.4. The van der Waals surface area contributed by atoms with Gasteiger partial charge in [-0.2, -0.15) is 0 Å². The van der Waals surface area contributed by atoms with Crippen LogP contribution in [0.2, 0.25) is 10.0 Å². The van der Waals surface area contributed by atoms with E-state index in [4.69, 9.17) is 23.2 Å². The van der Waals surface area contributed by atoms with E-state index in [-0.39, 0.29) is 18.3 Å². The molecule has 0 bridgehead atoms. The van der Waals surface area contributed by atoms with E-state index in [2.05, 4.69) is 4.74 Å². The van der Waals surface area contributed by atoms with Gasteiger partial charge in [-0.1, -0.05) is 23.2 Å². The summed E-state index contributed by atoms with van der Waals surface area (Å²) >= 11 is 11.8. The van der Waals surface area contributed by atoms with Crippen molar-refractivity contribution in [1.29, 1.82) is 0 Å². The molecule has 0 aliphatic rings. The SMILES string of the molecule is COC(=O)CCN(CCN(C)C)C(=O)c1ccc(Cl)c(Cl)c1. The third kappa shape index (κ3) is 5.83. The third-order valence-corrected chi connectivity index (χ3v) is 3.82. The van der Waals surface area contributed by atoms with Crippen LogP contribution in [0.1, 0.15) is 16.8 Å². The maximum absolute atomic E-state index is 12.6. The molecule has 7 heteroatoms. The smallest absolute Gasteiger partial charge is 0.307 e. The van der Waals surface area contributed by atoms with Crippen LogP contribution in [0.5, 0.6) is 0 Å². The van der Waals surface area contributed by atoms with Crippen LogP contribution in [-0.4, -0.2) is 62.5 Å². The molecule has 0 heterocycles. The molecule has 1 aromatic rings. The maximum Gasteiger partial charge on any atom is 0.307 e. The van der Waals surface area contributed by atoms with Gasteiger partial charge in [0.05, 0.1) is 23.6 Å². The Hall–Kier alpha value is -1.30. The molecule has 0 radical (unpaired) electrons. The molecule has 0 saturated carbocycles. The first kappa shape index (κ1) is 18.7. The maximum atomic E-state index is 12.6. The Morgan fingerprint density at radius 1 is 1.09 bits per heavy atom. The number of ether oxygens (including phenoxy) is 1. The molecule has 1 rings (SSSR count). The van der Waals surface area contributed by atoms with Gasteiger partial charge in [-0.25, -0.2) is 0 Å². The number of hydrogen-bond acceptors (Lipinski definition) is 4. The molecule has 22 heavy (non-hydrogen) atoms. The lowest BCUT2D eigenvalue weighted by molar-refractivity contribution is -0.140. The predicted octanol–water partition coefficient (Wildman–Crippen LogP) is 2.56. The minimum Gasteiger partial charge on any atom is -0.469 e. The molecule has 0 aromatic heterocycles. The number of methoxy groups -OCH3 is 1. The summed E-state index contributed by atoms with van der Waals surface area (Å²) in [6.07, 6.45) is 0.150. The summed E-state index contributed by atoms with van der Waals surface area (Å²) in [5, 5.41) is 0.723. The molecule has 1 amide bonds. The van der Waals surface area contributed by atoms with E-state index in [0.29, 0.717) is 35.2 Å². The molecule has 0 N–H and O–H groups in total. The standard InChI is InChI=1S/C15H20Cl2N2O3/c1-18(2)8-9-19(7-6-14(20)22-3)15(21)11-4-5-12(16)13(17)10-11/h4-5,10H,6-9H2,1-3H3. The average molecular weight is 347 g/mol. The Bertz CT molecular complexity index is 536. The summed E-state index contributed by atoms with van der Waals surface area (Å²) < 4.78 is 4.62. The van der Waals surface area contributed by atoms with Gasteiger partial charge >= 0.3 is 5.97 Å². The van der Waals surface area contributed by atoms with Crippen molar-refractivity contribution < 1.29 is 14.3 Å². The number of halogens is 2. The first-order valence-corrected chi connectivity index (χ1v) is 7.56. The van der Waals surface area contributed by atoms with E-state index >= 15 is 0 Å². The summed E-state index contributed by atoms with van der Waals surface area (Å²) in [5.74, 6) is -0.541. The molecule has 0 fully saturated rings. The number of carbonyl (C=O) groups is 2. The Morgan fingerprint density at radius 3 is 2.32 bits per heavy atom. The Balaban J connectivity index is 2.84. The predicted molar refractivity (Wildman–Crippen MR) is 87.6 cm³/mol. The highest BCUT2D eigenvalue weighted by atomic mass is 35.5. The summed E-state index contributed by atoms with van der Waals surface area (Å²) in [6, 6.07) is 4.74. The first-order chi connectivity index (χ1) is 10.3. The Labute approximate surface area is 140 Å². The van der Waals surface area contributed by atoms with E-state index in [9.17, 15) is 9.59 Å². The number of nitrogens with zero attached hydrogens (tertiary/aromatic N) is 2. The zero-order chi connectivity index (χ0) is 16.7. The van der Waals surface area contributed by atoms with Gasteiger partial charge in [-0.05, 0) is 32.3 Å². The van der Waals surface area contributed by atoms with Crippen molar-refractivity contribution in [2.45, 2.75) is 6.42 Å². The molecule has 0 aliphatic heterocycles. The lowest BCUT2D eigenvalue weighted by Crippen LogP contribution is -2.38. The van der Waals surface area contributed by atoms with Crippen LogP contribution in [0.4, 0.5) is 0 Å². The normalized spacial score (nSPS) is 10.6. The number of likely N-dealkylation sites (N-methyl/N-ethyl adjacent to an activating group) is 1. The van der Waals surface area contributed by atoms with Gasteiger partial charge in [0.1, 0.15) is 0 Å². The van der Waals surface area contributed by atoms with Gasteiger partial charge in [-0.3, -0.25) is 9.59 Å². The second-order valence-corrected chi connectivity index (χ2v) is 5.86. The minimum atomic E-state index is -0.350. The second kappa shape index (κ2) is 8.98. The fourth-order valence-electron chi connectivity index (χ4n) is 1.78. The van der Waals surface area contributed by atoms with E-state index in [0.717, 1.165) is 0 Å². The van der Waals surface area contributed by atoms with Crippen molar-refractivity contribution >= 4 is 35.1 Å². The highest BCUT2D eigenvalue weighted by molar-refractivity contribution is 6.42. The quantitative estimate of drug-likeness (QED) is 0.712. The molecular formula is C15H20Cl2N2O3. The number of carbonyl (C=O) groups excluding carboxylic acids is 2. The zero-order valence-electron chi connectivity index (χ0n) is 12.9. The minimum absolute atomic E-state index is 0.150. The molecule has 122 valence electrons. The number of benzene rings is 1. The van der Waals surface area contributed by atoms with Crippen LogP contribution in [0.3, 0.4) is 0 Å². The van der Waals surface area contributed by atoms with Crippen LogP contribution in [0.15, 0.2) is 18.2 Å². The first-order valence-electron chi connectivity index (χ1n) is 6.81. The molecule has 1 aromatic carbocycles. The second-order valence-electron chi connectivity index (χ2n) is 5.05. The summed E-state index contributed by atoms with van der Waals surface area (Å²) in [4.78, 5) is 27.5. The van der Waals surface area contributed by atoms with Crippen molar-refractivity contribution in [1.82, 2.24) is 9.80 Å². The topological polar surface area (TPSA) is 49.9 Å². The molecule has 0 unspecified atom stereocenters. The summed E-state index contributed by atoms with van der Waals surface area (Å²) in [7, 11) is 5.16. The number of amides is 1. The lowest BCUT2D eigenvalue weighted by atomic mass is 10.2. The fraction of sp³-hybridized carbons (Fsp3) is 0.467. The van der Waals surface area contributed by atoms with E-state index in [1.807, 2.05) is 19.0 Å². The van der Waals surface area contributed by atoms with Gasteiger partial charge in [0.25, 0.3) is 5.91 Å². The van der Waals surface area contributed by atoms with Crippen molar-refractivity contribution in [2.75, 3.05) is 40.8 Å². The molecular weight excluding hydrogens is 327 g/mol. The van der Waals surface area contributed by atoms with Gasteiger partial charge < -0.3 is 14.5 Å². The van der Waals surface area contributed by atoms with E-state index in [1.54, 1.807) is 17.0 Å². The van der Waals surface area contributed by atoms with Crippen molar-refractivity contribution in [3.63, 3.8) is 0 Å². The molecule has 0 aliphatic carbocycles. The molecule has 0 saturated heterocycles. The van der Waals surface area contributed by atoms with Crippen LogP contribution in [0.25, 0.3) is 0 Å². The van der Waals surface area contributed by atoms with E-state index < -0.39 is 0 Å². The van der Waals surface area contributed by atoms with Crippen molar-refractivity contribution in [3.8, 4) is 0 Å². The van der Waals surface area contributed by atoms with Crippen LogP contribution < -0.4 is 0 Å². The lowest BCUT2D eigenvalue weighted by Gasteiger charge is -2.24. The Morgan fingerprint density at radius 2 is 1.77 bits per heavy atom. The largest absolute Gasteiger partial charge is 0.469 e. The highest BCUT2D eigenvalue weighted by Gasteiger charge is 2.18. The Kier molecular flexibility index (Phi) is 7.65. The van der Waals surface area contributed by atoms with Crippen LogP contribution in [-0.2, 0) is 9.53 Å². The van der Waals surface area contributed by atoms with Crippen LogP contribution >= 0.6 is 23.2 Å². The molecule has 0 spiro atoms. The monoisotopic (exact) mass is 346 g/mol. The number of rotatable bonds is 7. The van der Waals surface area contributed by atoms with Crippen LogP contribution in [0, 0.1) is 0 Å². The number of esters is 1. The molecule has 5 nitrogen and oxygen atoms in total. The van der Waals surface area contributed by atoms with E-state index in [1.165, 1.54) is 13.2 Å². The van der Waals surface area contributed by atoms with Gasteiger partial charge in [0.15, 0.2) is 0 Å². The molecule has 0 atom stereocenters. The summed E-state index contributed by atoms with van der Waals surface area (Å²) in [6.45, 7) is 1.48. The van der Waals surface area contributed by atoms with Gasteiger partial charge in [-0.15, -0.1) is 0 Å². The summed E-state index contributed by atoms with van der Waals surface area (Å²) in [5.41, 5.74) is 0.443. The average Bonchev–Trinajstić information content (AvgIpc) is 2.48. The van der Waals surface area contributed by atoms with Crippen molar-refractivity contribution in [2.24, 2.45) is 0 Å². The highest BCUT2D eigenvalue weighted by Crippen LogP contribution is 2.23. The van der Waals surface area contributed by atoms with Gasteiger partial charge in [0, 0.05) is 25.2 Å². The number of hydrogen-bond donors (Lipinski definition) is 0. The van der Waals surface area contributed by atoms with Gasteiger partial charge in [0.2, 0.25) is 0 Å². The third-order valence-electron chi connectivity index (χ3n) is 3.08. The fourth-order valence-corrected chi connectivity index (χ4v) is 2.07. The van der Waals surface area contributed by atoms with Crippen molar-refractivity contribution in [3.05, 3.63) is 33.8 Å².